The Hall–Kier alpha value is -2.63. The standard InChI is InChI=1S/C25H28N2O2S/c1-28-24-15-20-11-12-26-23(14-19-9-6-10-21(13-19)27-30-2)22(20)16-25(24)29-17-18-7-4-3-5-8-18/h3-10,13,15-16,23,26-27H,11-12,14,17H2,1-2H3. The number of fused-ring (bicyclic) bond motifs is 1. The van der Waals surface area contributed by atoms with Crippen molar-refractivity contribution in [3.8, 4) is 11.5 Å². The second-order valence-electron chi connectivity index (χ2n) is 7.44. The van der Waals surface area contributed by atoms with E-state index >= 15 is 0 Å². The first-order valence-electron chi connectivity index (χ1n) is 10.3. The molecule has 1 unspecified atom stereocenters. The van der Waals surface area contributed by atoms with Gasteiger partial charge in [-0.1, -0.05) is 54.4 Å². The van der Waals surface area contributed by atoms with Gasteiger partial charge in [-0.3, -0.25) is 0 Å². The molecular weight excluding hydrogens is 392 g/mol. The Labute approximate surface area is 183 Å². The number of hydrogen-bond acceptors (Lipinski definition) is 5. The molecule has 30 heavy (non-hydrogen) atoms. The van der Waals surface area contributed by atoms with Gasteiger partial charge in [0.15, 0.2) is 11.5 Å². The van der Waals surface area contributed by atoms with E-state index in [-0.39, 0.29) is 6.04 Å². The van der Waals surface area contributed by atoms with Gasteiger partial charge in [-0.2, -0.15) is 0 Å². The number of rotatable bonds is 8. The first kappa shape index (κ1) is 20.6. The van der Waals surface area contributed by atoms with Crippen LogP contribution < -0.4 is 19.5 Å². The number of benzene rings is 3. The van der Waals surface area contributed by atoms with Crippen molar-refractivity contribution < 1.29 is 9.47 Å². The van der Waals surface area contributed by atoms with Gasteiger partial charge in [-0.25, -0.2) is 0 Å². The highest BCUT2D eigenvalue weighted by Gasteiger charge is 2.23. The van der Waals surface area contributed by atoms with E-state index in [1.165, 1.54) is 16.7 Å². The molecule has 0 aliphatic carbocycles. The molecule has 5 heteroatoms. The third-order valence-electron chi connectivity index (χ3n) is 5.41. The maximum atomic E-state index is 6.16. The molecule has 0 saturated heterocycles. The van der Waals surface area contributed by atoms with Crippen LogP contribution in [0, 0.1) is 0 Å². The SMILES string of the molecule is COc1cc2c(cc1OCc1ccccc1)C(Cc1cccc(NSC)c1)NCC2. The van der Waals surface area contributed by atoms with E-state index in [4.69, 9.17) is 9.47 Å². The highest BCUT2D eigenvalue weighted by Crippen LogP contribution is 2.37. The van der Waals surface area contributed by atoms with Gasteiger partial charge >= 0.3 is 0 Å². The van der Waals surface area contributed by atoms with Gasteiger partial charge in [0.1, 0.15) is 6.61 Å². The van der Waals surface area contributed by atoms with E-state index in [1.807, 2.05) is 24.5 Å². The molecule has 4 nitrogen and oxygen atoms in total. The minimum Gasteiger partial charge on any atom is -0.493 e. The van der Waals surface area contributed by atoms with Crippen LogP contribution in [0.25, 0.3) is 0 Å². The summed E-state index contributed by atoms with van der Waals surface area (Å²) in [6, 6.07) is 23.4. The summed E-state index contributed by atoms with van der Waals surface area (Å²) < 4.78 is 15.1. The maximum Gasteiger partial charge on any atom is 0.162 e. The average molecular weight is 421 g/mol. The maximum absolute atomic E-state index is 6.16. The number of anilines is 1. The largest absolute Gasteiger partial charge is 0.493 e. The predicted octanol–water partition coefficient (Wildman–Crippen LogP) is 5.39. The van der Waals surface area contributed by atoms with Crippen molar-refractivity contribution >= 4 is 17.6 Å². The zero-order valence-corrected chi connectivity index (χ0v) is 18.3. The van der Waals surface area contributed by atoms with Crippen molar-refractivity contribution in [2.75, 3.05) is 24.6 Å². The van der Waals surface area contributed by atoms with Gasteiger partial charge in [0, 0.05) is 18.0 Å². The lowest BCUT2D eigenvalue weighted by Gasteiger charge is -2.28. The van der Waals surface area contributed by atoms with E-state index in [0.29, 0.717) is 6.61 Å². The van der Waals surface area contributed by atoms with E-state index < -0.39 is 0 Å². The summed E-state index contributed by atoms with van der Waals surface area (Å²) in [5, 5.41) is 3.69. The van der Waals surface area contributed by atoms with Crippen molar-refractivity contribution in [1.29, 1.82) is 0 Å². The van der Waals surface area contributed by atoms with Crippen molar-refractivity contribution in [3.63, 3.8) is 0 Å². The number of methoxy groups -OCH3 is 1. The molecule has 1 aliphatic heterocycles. The van der Waals surface area contributed by atoms with E-state index in [2.05, 4.69) is 58.6 Å². The normalized spacial score (nSPS) is 15.3. The molecule has 156 valence electrons. The summed E-state index contributed by atoms with van der Waals surface area (Å²) in [5.41, 5.74) is 6.22. The van der Waals surface area contributed by atoms with E-state index in [0.717, 1.165) is 42.1 Å². The molecule has 0 aromatic heterocycles. The Morgan fingerprint density at radius 3 is 2.63 bits per heavy atom. The van der Waals surface area contributed by atoms with Crippen LogP contribution >= 0.6 is 11.9 Å². The summed E-state index contributed by atoms with van der Waals surface area (Å²) in [6.45, 7) is 1.49. The summed E-state index contributed by atoms with van der Waals surface area (Å²) in [7, 11) is 1.71. The molecule has 0 amide bonds. The second kappa shape index (κ2) is 9.92. The minimum absolute atomic E-state index is 0.253. The summed E-state index contributed by atoms with van der Waals surface area (Å²) in [6.07, 6.45) is 3.96. The zero-order valence-electron chi connectivity index (χ0n) is 17.5. The smallest absolute Gasteiger partial charge is 0.162 e. The molecule has 0 spiro atoms. The van der Waals surface area contributed by atoms with Gasteiger partial charge in [0.25, 0.3) is 0 Å². The quantitative estimate of drug-likeness (QED) is 0.478. The Balaban J connectivity index is 1.57. The third-order valence-corrected chi connectivity index (χ3v) is 5.85. The van der Waals surface area contributed by atoms with Crippen LogP contribution in [-0.4, -0.2) is 19.9 Å². The molecular formula is C25H28N2O2S. The molecule has 0 bridgehead atoms. The summed E-state index contributed by atoms with van der Waals surface area (Å²) in [5.74, 6) is 1.60. The van der Waals surface area contributed by atoms with Crippen molar-refractivity contribution in [3.05, 3.63) is 89.0 Å². The van der Waals surface area contributed by atoms with Gasteiger partial charge in [0.2, 0.25) is 0 Å². The Morgan fingerprint density at radius 1 is 1.00 bits per heavy atom. The van der Waals surface area contributed by atoms with Crippen molar-refractivity contribution in [2.45, 2.75) is 25.5 Å². The van der Waals surface area contributed by atoms with E-state index in [1.54, 1.807) is 19.1 Å². The van der Waals surface area contributed by atoms with Gasteiger partial charge in [-0.05, 0) is 65.9 Å². The Bertz CT molecular complexity index is 978. The molecule has 2 N–H and O–H groups in total. The molecule has 1 aliphatic rings. The first-order valence-corrected chi connectivity index (χ1v) is 11.5. The molecule has 3 aromatic carbocycles. The number of hydrogen-bond donors (Lipinski definition) is 2. The molecule has 0 saturated carbocycles. The fourth-order valence-electron chi connectivity index (χ4n) is 3.95. The molecule has 3 aromatic rings. The van der Waals surface area contributed by atoms with Crippen LogP contribution in [0.15, 0.2) is 66.7 Å². The number of nitrogens with one attached hydrogen (secondary N) is 2. The first-order chi connectivity index (χ1) is 14.8. The van der Waals surface area contributed by atoms with Gasteiger partial charge in [-0.15, -0.1) is 0 Å². The third kappa shape index (κ3) is 4.91. The van der Waals surface area contributed by atoms with Crippen LogP contribution in [-0.2, 0) is 19.4 Å². The van der Waals surface area contributed by atoms with Crippen LogP contribution in [0.5, 0.6) is 11.5 Å². The van der Waals surface area contributed by atoms with E-state index in [9.17, 15) is 0 Å². The molecule has 0 radical (unpaired) electrons. The van der Waals surface area contributed by atoms with Gasteiger partial charge in [0.05, 0.1) is 7.11 Å². The predicted molar refractivity (Wildman–Crippen MR) is 125 cm³/mol. The monoisotopic (exact) mass is 420 g/mol. The molecule has 4 rings (SSSR count). The summed E-state index contributed by atoms with van der Waals surface area (Å²) in [4.78, 5) is 0. The number of ether oxygens (including phenoxy) is 2. The van der Waals surface area contributed by atoms with Crippen LogP contribution in [0.4, 0.5) is 5.69 Å². The summed E-state index contributed by atoms with van der Waals surface area (Å²) >= 11 is 1.61. The average Bonchev–Trinajstić information content (AvgIpc) is 2.78. The fourth-order valence-corrected chi connectivity index (χ4v) is 4.32. The highest BCUT2D eigenvalue weighted by atomic mass is 32.2. The highest BCUT2D eigenvalue weighted by molar-refractivity contribution is 7.99. The zero-order chi connectivity index (χ0) is 20.8. The van der Waals surface area contributed by atoms with Crippen LogP contribution in [0.3, 0.4) is 0 Å². The lowest BCUT2D eigenvalue weighted by molar-refractivity contribution is 0.283. The van der Waals surface area contributed by atoms with Crippen molar-refractivity contribution in [1.82, 2.24) is 5.32 Å². The van der Waals surface area contributed by atoms with Gasteiger partial charge < -0.3 is 19.5 Å². The van der Waals surface area contributed by atoms with Crippen molar-refractivity contribution in [2.24, 2.45) is 0 Å². The fraction of sp³-hybridized carbons (Fsp3) is 0.280. The molecule has 1 heterocycles. The second-order valence-corrected chi connectivity index (χ2v) is 8.06. The lowest BCUT2D eigenvalue weighted by atomic mass is 9.89. The van der Waals surface area contributed by atoms with Crippen LogP contribution in [0.1, 0.15) is 28.3 Å². The topological polar surface area (TPSA) is 42.5 Å². The Morgan fingerprint density at radius 2 is 1.83 bits per heavy atom. The molecule has 1 atom stereocenters. The molecule has 0 fully saturated rings. The van der Waals surface area contributed by atoms with Crippen LogP contribution in [0.2, 0.25) is 0 Å². The Kier molecular flexibility index (Phi) is 6.82. The minimum atomic E-state index is 0.253. The lowest BCUT2D eigenvalue weighted by Crippen LogP contribution is -2.31.